The van der Waals surface area contributed by atoms with E-state index in [2.05, 4.69) is 65.4 Å². The number of anilines is 2. The number of amides is 1. The van der Waals surface area contributed by atoms with E-state index in [1.807, 2.05) is 0 Å². The van der Waals surface area contributed by atoms with Crippen molar-refractivity contribution in [3.05, 3.63) is 64.4 Å². The number of allylic oxidation sites excluding steroid dienone is 4. The van der Waals surface area contributed by atoms with Gasteiger partial charge in [0.1, 0.15) is 35.0 Å². The van der Waals surface area contributed by atoms with Crippen LogP contribution in [-0.2, 0) is 4.74 Å². The fourth-order valence-electron chi connectivity index (χ4n) is 6.65. The number of ether oxygens (including phenoxy) is 2. The molecule has 0 spiro atoms. The monoisotopic (exact) mass is 689 g/mol. The lowest BCUT2D eigenvalue weighted by Crippen LogP contribution is -2.56. The Morgan fingerprint density at radius 1 is 1.20 bits per heavy atom. The van der Waals surface area contributed by atoms with Crippen molar-refractivity contribution < 1.29 is 18.7 Å². The van der Waals surface area contributed by atoms with Gasteiger partial charge in [0.2, 0.25) is 5.95 Å². The van der Waals surface area contributed by atoms with E-state index in [1.165, 1.54) is 16.9 Å². The zero-order valence-corrected chi connectivity index (χ0v) is 27.7. The highest BCUT2D eigenvalue weighted by atomic mass is 35.5. The number of alkyl halides is 1. The van der Waals surface area contributed by atoms with Gasteiger partial charge in [-0.1, -0.05) is 18.5 Å². The van der Waals surface area contributed by atoms with Crippen LogP contribution in [0.25, 0.3) is 11.4 Å². The van der Waals surface area contributed by atoms with Gasteiger partial charge in [-0.15, -0.1) is 0 Å². The highest BCUT2D eigenvalue weighted by Crippen LogP contribution is 2.31. The predicted molar refractivity (Wildman–Crippen MR) is 179 cm³/mol. The Hall–Kier alpha value is -4.78. The Morgan fingerprint density at radius 3 is 2.69 bits per heavy atom. The molecule has 0 radical (unpaired) electrons. The molecular weight excluding hydrogens is 653 g/mol. The second-order valence-corrected chi connectivity index (χ2v) is 13.1. The van der Waals surface area contributed by atoms with Crippen molar-refractivity contribution in [1.29, 1.82) is 5.26 Å². The fraction of sp³-hybridized carbons (Fsp3) is 0.455. The largest absolute Gasteiger partial charge is 0.486 e. The van der Waals surface area contributed by atoms with Gasteiger partial charge in [0.25, 0.3) is 5.91 Å². The zero-order chi connectivity index (χ0) is 34.1. The Bertz CT molecular complexity index is 1810. The minimum atomic E-state index is -1.50. The number of likely N-dealkylation sites (tertiary alicyclic amines) is 1. The summed E-state index contributed by atoms with van der Waals surface area (Å²) in [5, 5.41) is 19.5. The van der Waals surface area contributed by atoms with Crippen LogP contribution >= 0.6 is 11.6 Å². The summed E-state index contributed by atoms with van der Waals surface area (Å²) < 4.78 is 26.6. The van der Waals surface area contributed by atoms with Gasteiger partial charge < -0.3 is 30.3 Å². The van der Waals surface area contributed by atoms with E-state index in [1.54, 1.807) is 18.2 Å². The molecule has 3 aliphatic heterocycles. The lowest BCUT2D eigenvalue weighted by molar-refractivity contribution is -0.0752. The number of nitriles is 1. The van der Waals surface area contributed by atoms with Crippen LogP contribution in [0.5, 0.6) is 5.75 Å². The molecule has 7 rings (SSSR count). The standard InChI is InChI=1S/C33H37ClFN11O3/c1-19-12-22(3-4-25(19)45-10-8-44(9-11-45)23-16-48-17-23)40-33-39-18-38-31(41-33)20-2-5-26(21(13-20)14-36)49-27-6-7-46(15-24(27)35)32(47)29-28(34)30(37)43-42-29/h2-5,13,18-19,23-24,27H,6-12,15-17H2,1H3,(H3,37,42,43)(H,38,39,40,41)/t19?,24-,27+/m1/s1. The molecule has 4 N–H and O–H groups in total. The van der Waals surface area contributed by atoms with E-state index < -0.39 is 18.2 Å². The van der Waals surface area contributed by atoms with E-state index in [0.717, 1.165) is 51.5 Å². The number of H-pyrrole nitrogens is 1. The maximum absolute atomic E-state index is 15.2. The third-order valence-corrected chi connectivity index (χ3v) is 9.88. The van der Waals surface area contributed by atoms with Crippen LogP contribution in [0.4, 0.5) is 16.2 Å². The molecule has 49 heavy (non-hydrogen) atoms. The number of piperidine rings is 1. The number of rotatable bonds is 8. The third kappa shape index (κ3) is 6.89. The second kappa shape index (κ2) is 14.0. The molecular formula is C33H37ClFN11O3. The number of carbonyl (C=O) groups is 1. The van der Waals surface area contributed by atoms with Gasteiger partial charge in [-0.25, -0.2) is 14.4 Å². The molecule has 3 fully saturated rings. The molecule has 1 aromatic carbocycles. The summed E-state index contributed by atoms with van der Waals surface area (Å²) >= 11 is 6.05. The molecule has 0 saturated carbocycles. The number of nitrogen functional groups attached to an aromatic ring is 1. The molecule has 3 aromatic rings. The lowest BCUT2D eigenvalue weighted by Gasteiger charge is -2.45. The highest BCUT2D eigenvalue weighted by Gasteiger charge is 2.35. The molecule has 2 aromatic heterocycles. The van der Waals surface area contributed by atoms with Crippen LogP contribution in [0.2, 0.25) is 5.02 Å². The Morgan fingerprint density at radius 2 is 2.02 bits per heavy atom. The summed E-state index contributed by atoms with van der Waals surface area (Å²) in [5.74, 6) is 0.853. The lowest BCUT2D eigenvalue weighted by atomic mass is 9.94. The summed E-state index contributed by atoms with van der Waals surface area (Å²) in [5.41, 5.74) is 8.78. The van der Waals surface area contributed by atoms with Crippen molar-refractivity contribution in [1.82, 2.24) is 39.8 Å². The van der Waals surface area contributed by atoms with Crippen LogP contribution in [0, 0.1) is 17.2 Å². The van der Waals surface area contributed by atoms with Crippen molar-refractivity contribution in [2.45, 2.75) is 38.1 Å². The molecule has 4 aliphatic rings. The van der Waals surface area contributed by atoms with Crippen LogP contribution in [-0.4, -0.2) is 117 Å². The van der Waals surface area contributed by atoms with Crippen molar-refractivity contribution in [3.8, 4) is 23.2 Å². The first-order chi connectivity index (χ1) is 23.8. The average molecular weight is 690 g/mol. The highest BCUT2D eigenvalue weighted by molar-refractivity contribution is 6.35. The van der Waals surface area contributed by atoms with Crippen molar-refractivity contribution >= 4 is 29.3 Å². The van der Waals surface area contributed by atoms with E-state index in [0.29, 0.717) is 29.3 Å². The molecule has 1 aliphatic carbocycles. The van der Waals surface area contributed by atoms with Crippen LogP contribution in [0.3, 0.4) is 0 Å². The third-order valence-electron chi connectivity index (χ3n) is 9.50. The average Bonchev–Trinajstić information content (AvgIpc) is 3.42. The summed E-state index contributed by atoms with van der Waals surface area (Å²) in [4.78, 5) is 32.4. The molecule has 0 bridgehead atoms. The molecule has 256 valence electrons. The van der Waals surface area contributed by atoms with Gasteiger partial charge in [0.15, 0.2) is 17.8 Å². The Kier molecular flexibility index (Phi) is 9.35. The van der Waals surface area contributed by atoms with Crippen molar-refractivity contribution in [2.24, 2.45) is 5.92 Å². The summed E-state index contributed by atoms with van der Waals surface area (Å²) in [6.45, 7) is 8.09. The van der Waals surface area contributed by atoms with Gasteiger partial charge in [-0.05, 0) is 36.8 Å². The number of hydrogen-bond acceptors (Lipinski definition) is 12. The molecule has 14 nitrogen and oxygen atoms in total. The molecule has 1 amide bonds. The number of nitrogens with zero attached hydrogens (tertiary/aromatic N) is 8. The molecule has 5 heterocycles. The number of carbonyl (C=O) groups excluding carboxylic acids is 1. The van der Waals surface area contributed by atoms with Crippen molar-refractivity contribution in [3.63, 3.8) is 0 Å². The van der Waals surface area contributed by atoms with Crippen LogP contribution < -0.4 is 15.8 Å². The molecule has 1 unspecified atom stereocenters. The molecule has 3 saturated heterocycles. The molecule has 3 atom stereocenters. The fourth-order valence-corrected chi connectivity index (χ4v) is 6.81. The first-order valence-electron chi connectivity index (χ1n) is 16.3. The van der Waals surface area contributed by atoms with E-state index in [9.17, 15) is 10.1 Å². The topological polar surface area (TPSA) is 174 Å². The van der Waals surface area contributed by atoms with Gasteiger partial charge in [-0.2, -0.15) is 15.3 Å². The van der Waals surface area contributed by atoms with Crippen LogP contribution in [0.1, 0.15) is 35.8 Å². The number of piperazine rings is 1. The number of aromatic nitrogens is 5. The number of aromatic amines is 1. The predicted octanol–water partition coefficient (Wildman–Crippen LogP) is 3.24. The minimum absolute atomic E-state index is 0.000133. The summed E-state index contributed by atoms with van der Waals surface area (Å²) in [6, 6.07) is 7.65. The quantitative estimate of drug-likeness (QED) is 0.316. The first kappa shape index (κ1) is 32.8. The Balaban J connectivity index is 0.973. The number of nitrogens with one attached hydrogen (secondary N) is 2. The van der Waals surface area contributed by atoms with E-state index in [-0.39, 0.29) is 47.4 Å². The molecule has 16 heteroatoms. The maximum Gasteiger partial charge on any atom is 0.273 e. The minimum Gasteiger partial charge on any atom is -0.486 e. The summed E-state index contributed by atoms with van der Waals surface area (Å²) in [6.07, 6.45) is 4.38. The number of hydrogen-bond donors (Lipinski definition) is 3. The van der Waals surface area contributed by atoms with Gasteiger partial charge in [0, 0.05) is 62.0 Å². The van der Waals surface area contributed by atoms with Gasteiger partial charge >= 0.3 is 0 Å². The van der Waals surface area contributed by atoms with E-state index >= 15 is 4.39 Å². The SMILES string of the molecule is CC1CC(Nc2ncnc(-c3ccc(O[C@H]4CCN(C(=O)c5[nH]nc(N)c5Cl)C[C@H]4F)c(C#N)c3)n2)=CC=C1N1CCN(C2COC2)CC1. The number of benzene rings is 1. The number of nitrogens with two attached hydrogens (primary N) is 1. The first-order valence-corrected chi connectivity index (χ1v) is 16.7. The van der Waals surface area contributed by atoms with Gasteiger partial charge in [-0.3, -0.25) is 14.8 Å². The maximum atomic E-state index is 15.2. The smallest absolute Gasteiger partial charge is 0.273 e. The normalized spacial score (nSPS) is 23.3. The van der Waals surface area contributed by atoms with Crippen LogP contribution in [0.15, 0.2) is 48.1 Å². The van der Waals surface area contributed by atoms with Gasteiger partial charge in [0.05, 0.1) is 31.4 Å². The van der Waals surface area contributed by atoms with Crippen molar-refractivity contribution in [2.75, 3.05) is 63.5 Å². The zero-order valence-electron chi connectivity index (χ0n) is 27.0. The number of halogens is 2. The van der Waals surface area contributed by atoms with E-state index in [4.69, 9.17) is 26.8 Å². The second-order valence-electron chi connectivity index (χ2n) is 12.7. The summed E-state index contributed by atoms with van der Waals surface area (Å²) in [7, 11) is 0. The Labute approximate surface area is 287 Å².